The molecule has 5 nitrogen and oxygen atoms in total. The first-order chi connectivity index (χ1) is 14.8. The van der Waals surface area contributed by atoms with E-state index in [2.05, 4.69) is 15.3 Å². The number of hydrogen-bond acceptors (Lipinski definition) is 4. The van der Waals surface area contributed by atoms with Crippen molar-refractivity contribution in [2.75, 3.05) is 6.61 Å². The lowest BCUT2D eigenvalue weighted by atomic mass is 10.0. The molecule has 0 bridgehead atoms. The van der Waals surface area contributed by atoms with Crippen molar-refractivity contribution in [3.05, 3.63) is 41.2 Å². The summed E-state index contributed by atoms with van der Waals surface area (Å²) in [5, 5.41) is 19.3. The smallest absolute Gasteiger partial charge is 0.383 e. The van der Waals surface area contributed by atoms with Crippen molar-refractivity contribution < 1.29 is 40.2 Å². The summed E-state index contributed by atoms with van der Waals surface area (Å²) in [6.45, 7) is 2.53. The van der Waals surface area contributed by atoms with E-state index < -0.39 is 35.6 Å². The van der Waals surface area contributed by atoms with Crippen LogP contribution in [0.3, 0.4) is 0 Å². The fourth-order valence-corrected chi connectivity index (χ4v) is 2.67. The Balaban J connectivity index is 2.60. The summed E-state index contributed by atoms with van der Waals surface area (Å²) >= 11 is 0. The van der Waals surface area contributed by atoms with Crippen LogP contribution in [-0.2, 0) is 12.5 Å². The molecule has 32 heavy (non-hydrogen) atoms. The van der Waals surface area contributed by atoms with E-state index in [1.54, 1.807) is 19.1 Å². The van der Waals surface area contributed by atoms with E-state index in [-0.39, 0.29) is 37.4 Å². The molecule has 0 aliphatic rings. The molecule has 0 aliphatic heterocycles. The molecule has 0 atom stereocenters. The van der Waals surface area contributed by atoms with Gasteiger partial charge in [-0.05, 0) is 38.8 Å². The number of alkyl halides is 8. The summed E-state index contributed by atoms with van der Waals surface area (Å²) < 4.78 is 110. The minimum atomic E-state index is -6.47. The van der Waals surface area contributed by atoms with Gasteiger partial charge in [0.05, 0.1) is 11.4 Å². The highest BCUT2D eigenvalue weighted by atomic mass is 19.4. The van der Waals surface area contributed by atoms with E-state index >= 15 is 0 Å². The first kappa shape index (κ1) is 25.7. The van der Waals surface area contributed by atoms with Crippen molar-refractivity contribution >= 4 is 11.4 Å². The van der Waals surface area contributed by atoms with Gasteiger partial charge in [0.25, 0.3) is 0 Å². The van der Waals surface area contributed by atoms with Crippen LogP contribution in [0, 0.1) is 13.8 Å². The van der Waals surface area contributed by atoms with E-state index in [0.29, 0.717) is 0 Å². The lowest BCUT2D eigenvalue weighted by Gasteiger charge is -2.31. The topological polar surface area (TPSA) is 62.8 Å². The van der Waals surface area contributed by atoms with Gasteiger partial charge < -0.3 is 5.11 Å². The maximum atomic E-state index is 14.6. The summed E-state index contributed by atoms with van der Waals surface area (Å²) in [5.74, 6) is -18.6. The molecule has 1 aromatic heterocycles. The monoisotopic (exact) mass is 472 g/mol. The minimum Gasteiger partial charge on any atom is -0.396 e. The van der Waals surface area contributed by atoms with Gasteiger partial charge in [-0.3, -0.25) is 4.68 Å². The number of nitrogens with zero attached hydrogens (tertiary/aromatic N) is 4. The van der Waals surface area contributed by atoms with Crippen LogP contribution in [0.2, 0.25) is 0 Å². The number of aliphatic hydroxyl groups excluding tert-OH is 1. The van der Waals surface area contributed by atoms with E-state index in [1.165, 1.54) is 19.1 Å². The molecule has 2 aromatic rings. The molecule has 0 saturated carbocycles. The first-order valence-corrected chi connectivity index (χ1v) is 9.36. The van der Waals surface area contributed by atoms with Gasteiger partial charge in [-0.1, -0.05) is 17.7 Å². The van der Waals surface area contributed by atoms with Crippen LogP contribution in [0.15, 0.2) is 34.5 Å². The van der Waals surface area contributed by atoms with Crippen molar-refractivity contribution in [3.63, 3.8) is 0 Å². The van der Waals surface area contributed by atoms with Crippen molar-refractivity contribution in [2.24, 2.45) is 10.2 Å². The largest absolute Gasteiger partial charge is 0.396 e. The number of azo groups is 1. The van der Waals surface area contributed by atoms with Gasteiger partial charge in [0, 0.05) is 13.2 Å². The van der Waals surface area contributed by atoms with Crippen molar-refractivity contribution in [2.45, 2.75) is 57.4 Å². The van der Waals surface area contributed by atoms with E-state index in [4.69, 9.17) is 5.11 Å². The Bertz CT molecular complexity index is 942. The van der Waals surface area contributed by atoms with Crippen LogP contribution < -0.4 is 0 Å². The van der Waals surface area contributed by atoms with Crippen molar-refractivity contribution in [3.8, 4) is 0 Å². The van der Waals surface area contributed by atoms with Crippen LogP contribution in [0.1, 0.15) is 29.8 Å². The molecule has 1 aromatic carbocycles. The average molecular weight is 472 g/mol. The normalized spacial score (nSPS) is 13.5. The summed E-state index contributed by atoms with van der Waals surface area (Å²) in [7, 11) is 0. The second-order valence-corrected chi connectivity index (χ2v) is 7.04. The molecule has 0 fully saturated rings. The van der Waals surface area contributed by atoms with Gasteiger partial charge in [-0.25, -0.2) is 8.78 Å². The summed E-state index contributed by atoms with van der Waals surface area (Å²) in [4.78, 5) is 0. The third-order valence-electron chi connectivity index (χ3n) is 4.64. The summed E-state index contributed by atoms with van der Waals surface area (Å²) in [6.07, 6.45) is -4.65. The molecule has 178 valence electrons. The van der Waals surface area contributed by atoms with Crippen LogP contribution >= 0.6 is 0 Å². The number of aromatic nitrogens is 2. The molecular formula is C19H20F8N4O. The van der Waals surface area contributed by atoms with Gasteiger partial charge in [0.1, 0.15) is 5.69 Å². The van der Waals surface area contributed by atoms with Crippen LogP contribution in [-0.4, -0.2) is 39.8 Å². The highest BCUT2D eigenvalue weighted by Gasteiger charge is 2.77. The van der Waals surface area contributed by atoms with Gasteiger partial charge in [-0.15, -0.1) is 5.11 Å². The lowest BCUT2D eigenvalue weighted by Crippen LogP contribution is -2.56. The zero-order chi connectivity index (χ0) is 24.3. The molecular weight excluding hydrogens is 452 g/mol. The highest BCUT2D eigenvalue weighted by Crippen LogP contribution is 2.55. The van der Waals surface area contributed by atoms with Gasteiger partial charge in [0.15, 0.2) is 5.69 Å². The maximum Gasteiger partial charge on any atom is 0.383 e. The van der Waals surface area contributed by atoms with Crippen molar-refractivity contribution in [1.82, 2.24) is 9.78 Å². The Morgan fingerprint density at radius 2 is 1.56 bits per heavy atom. The maximum absolute atomic E-state index is 14.6. The third-order valence-corrected chi connectivity index (χ3v) is 4.64. The Hall–Kier alpha value is -2.57. The minimum absolute atomic E-state index is 0.141. The fraction of sp³-hybridized carbons (Fsp3) is 0.526. The second kappa shape index (κ2) is 9.51. The molecule has 1 N–H and O–H groups in total. The SMILES string of the molecule is Cc1ccc(N=Nc2c(C(F)(F)C(F)(F)C(F)(F)C(F)F)nn(CCCCO)c2C)cc1. The molecule has 13 heteroatoms. The molecule has 2 rings (SSSR count). The van der Waals surface area contributed by atoms with E-state index in [9.17, 15) is 35.1 Å². The molecule has 0 spiro atoms. The van der Waals surface area contributed by atoms with Gasteiger partial charge in [0.2, 0.25) is 0 Å². The fourth-order valence-electron chi connectivity index (χ4n) is 2.67. The van der Waals surface area contributed by atoms with Crippen LogP contribution in [0.5, 0.6) is 0 Å². The summed E-state index contributed by atoms with van der Waals surface area (Å²) in [5.41, 5.74) is -2.09. The average Bonchev–Trinajstić information content (AvgIpc) is 3.03. The number of aryl methyl sites for hydroxylation is 2. The van der Waals surface area contributed by atoms with E-state index in [1.807, 2.05) is 0 Å². The third kappa shape index (κ3) is 4.76. The predicted octanol–water partition coefficient (Wildman–Crippen LogP) is 6.32. The van der Waals surface area contributed by atoms with E-state index in [0.717, 1.165) is 10.2 Å². The molecule has 1 heterocycles. The Labute approximate surface area is 177 Å². The van der Waals surface area contributed by atoms with Gasteiger partial charge in [-0.2, -0.15) is 36.6 Å². The molecule has 0 saturated heterocycles. The number of halogens is 8. The predicted molar refractivity (Wildman–Crippen MR) is 98.4 cm³/mol. The van der Waals surface area contributed by atoms with Crippen molar-refractivity contribution in [1.29, 1.82) is 0 Å². The number of aliphatic hydroxyl groups is 1. The Morgan fingerprint density at radius 3 is 2.09 bits per heavy atom. The molecule has 0 unspecified atom stereocenters. The standard InChI is InChI=1S/C19H20F8N4O/c1-11-5-7-13(8-6-11)28-29-14-12(2)31(9-3-4-10-32)30-15(14)17(22,23)19(26,27)18(24,25)16(20)21/h5-8,16,32H,3-4,9-10H2,1-2H3. The summed E-state index contributed by atoms with van der Waals surface area (Å²) in [6, 6.07) is 6.09. The Morgan fingerprint density at radius 1 is 0.969 bits per heavy atom. The molecule has 0 radical (unpaired) electrons. The molecule has 0 amide bonds. The number of benzene rings is 1. The van der Waals surface area contributed by atoms with Crippen LogP contribution in [0.25, 0.3) is 0 Å². The number of rotatable bonds is 10. The lowest BCUT2D eigenvalue weighted by molar-refractivity contribution is -0.344. The quantitative estimate of drug-likeness (QED) is 0.250. The highest BCUT2D eigenvalue weighted by molar-refractivity contribution is 5.50. The zero-order valence-corrected chi connectivity index (χ0v) is 17.0. The zero-order valence-electron chi connectivity index (χ0n) is 17.0. The van der Waals surface area contributed by atoms with Gasteiger partial charge >= 0.3 is 24.2 Å². The number of hydrogen-bond donors (Lipinski definition) is 1. The Kier molecular flexibility index (Phi) is 7.63. The van der Waals surface area contributed by atoms with Crippen LogP contribution in [0.4, 0.5) is 46.5 Å². The molecule has 0 aliphatic carbocycles. The second-order valence-electron chi connectivity index (χ2n) is 7.04. The number of unbranched alkanes of at least 4 members (excludes halogenated alkanes) is 1. The first-order valence-electron chi connectivity index (χ1n) is 9.36.